The van der Waals surface area contributed by atoms with Gasteiger partial charge in [0.2, 0.25) is 5.91 Å². The van der Waals surface area contributed by atoms with Crippen LogP contribution in [0.3, 0.4) is 0 Å². The molecule has 0 aliphatic carbocycles. The van der Waals surface area contributed by atoms with Crippen molar-refractivity contribution in [1.29, 1.82) is 0 Å². The molecule has 1 saturated heterocycles. The number of carboxylic acids is 1. The number of carbonyl (C=O) groups is 2. The first-order valence-electron chi connectivity index (χ1n) is 6.11. The third kappa shape index (κ3) is 3.43. The maximum Gasteiger partial charge on any atom is 0.305 e. The number of rotatable bonds is 5. The predicted octanol–water partition coefficient (Wildman–Crippen LogP) is 1.12. The normalized spacial score (nSPS) is 25.6. The van der Waals surface area contributed by atoms with Gasteiger partial charge in [-0.1, -0.05) is 0 Å². The Kier molecular flexibility index (Phi) is 4.93. The van der Waals surface area contributed by atoms with E-state index in [0.29, 0.717) is 13.2 Å². The summed E-state index contributed by atoms with van der Waals surface area (Å²) >= 11 is 0. The summed E-state index contributed by atoms with van der Waals surface area (Å²) in [6.07, 6.45) is 0.659. The van der Waals surface area contributed by atoms with Crippen molar-refractivity contribution in [3.05, 3.63) is 0 Å². The van der Waals surface area contributed by atoms with Gasteiger partial charge < -0.3 is 14.7 Å². The van der Waals surface area contributed by atoms with Crippen LogP contribution in [0.4, 0.5) is 0 Å². The van der Waals surface area contributed by atoms with E-state index in [0.717, 1.165) is 6.42 Å². The summed E-state index contributed by atoms with van der Waals surface area (Å²) < 4.78 is 5.38. The molecular formula is C12H21NO4. The van der Waals surface area contributed by atoms with E-state index >= 15 is 0 Å². The fourth-order valence-corrected chi connectivity index (χ4v) is 2.32. The van der Waals surface area contributed by atoms with Crippen molar-refractivity contribution in [3.8, 4) is 0 Å². The van der Waals surface area contributed by atoms with Crippen LogP contribution in [0, 0.1) is 5.92 Å². The fourth-order valence-electron chi connectivity index (χ4n) is 2.32. The maximum absolute atomic E-state index is 12.3. The van der Waals surface area contributed by atoms with Crippen molar-refractivity contribution in [2.45, 2.75) is 45.8 Å². The van der Waals surface area contributed by atoms with E-state index in [1.54, 1.807) is 11.8 Å². The van der Waals surface area contributed by atoms with Gasteiger partial charge in [-0.3, -0.25) is 9.59 Å². The Morgan fingerprint density at radius 2 is 2.18 bits per heavy atom. The first-order valence-corrected chi connectivity index (χ1v) is 6.11. The Balaban J connectivity index is 2.66. The molecule has 17 heavy (non-hydrogen) atoms. The average Bonchev–Trinajstić information content (AvgIpc) is 2.64. The van der Waals surface area contributed by atoms with Crippen LogP contribution >= 0.6 is 0 Å². The topological polar surface area (TPSA) is 66.8 Å². The van der Waals surface area contributed by atoms with Crippen molar-refractivity contribution < 1.29 is 19.4 Å². The van der Waals surface area contributed by atoms with Crippen LogP contribution in [0.2, 0.25) is 0 Å². The van der Waals surface area contributed by atoms with Gasteiger partial charge in [0.25, 0.3) is 0 Å². The third-order valence-corrected chi connectivity index (χ3v) is 3.32. The Bertz CT molecular complexity index is 292. The molecule has 1 aliphatic rings. The summed E-state index contributed by atoms with van der Waals surface area (Å²) in [5.41, 5.74) is 0. The first kappa shape index (κ1) is 14.0. The van der Waals surface area contributed by atoms with E-state index in [9.17, 15) is 9.59 Å². The quantitative estimate of drug-likeness (QED) is 0.785. The summed E-state index contributed by atoms with van der Waals surface area (Å²) in [4.78, 5) is 24.6. The molecule has 0 saturated carbocycles. The molecule has 5 heteroatoms. The molecule has 98 valence electrons. The van der Waals surface area contributed by atoms with Gasteiger partial charge in [-0.2, -0.15) is 0 Å². The number of nitrogens with zero attached hydrogens (tertiary/aromatic N) is 1. The molecule has 1 amide bonds. The summed E-state index contributed by atoms with van der Waals surface area (Å²) in [6.45, 7) is 6.69. The second kappa shape index (κ2) is 6.00. The van der Waals surface area contributed by atoms with Crippen LogP contribution in [0.15, 0.2) is 0 Å². The molecule has 1 fully saturated rings. The minimum atomic E-state index is -0.875. The van der Waals surface area contributed by atoms with Crippen molar-refractivity contribution in [3.63, 3.8) is 0 Å². The zero-order valence-corrected chi connectivity index (χ0v) is 10.7. The number of carbonyl (C=O) groups excluding carboxylic acids is 1. The van der Waals surface area contributed by atoms with Crippen molar-refractivity contribution in [2.24, 2.45) is 5.92 Å². The molecule has 1 heterocycles. The lowest BCUT2D eigenvalue weighted by molar-refractivity contribution is -0.142. The highest BCUT2D eigenvalue weighted by Gasteiger charge is 2.35. The second-order valence-corrected chi connectivity index (χ2v) is 4.54. The third-order valence-electron chi connectivity index (χ3n) is 3.32. The molecular weight excluding hydrogens is 222 g/mol. The average molecular weight is 243 g/mol. The number of hydrogen-bond donors (Lipinski definition) is 1. The molecule has 1 rings (SSSR count). The lowest BCUT2D eigenvalue weighted by Crippen LogP contribution is -2.44. The molecule has 0 aromatic rings. The molecule has 3 unspecified atom stereocenters. The van der Waals surface area contributed by atoms with Crippen molar-refractivity contribution in [2.75, 3.05) is 13.2 Å². The lowest BCUT2D eigenvalue weighted by Gasteiger charge is -2.30. The molecule has 0 aromatic heterocycles. The fraction of sp³-hybridized carbons (Fsp3) is 0.833. The number of amides is 1. The Hall–Kier alpha value is -1.10. The maximum atomic E-state index is 12.3. The minimum Gasteiger partial charge on any atom is -0.481 e. The van der Waals surface area contributed by atoms with Crippen LogP contribution in [-0.4, -0.2) is 47.2 Å². The Morgan fingerprint density at radius 1 is 1.53 bits per heavy atom. The summed E-state index contributed by atoms with van der Waals surface area (Å²) in [5, 5.41) is 8.76. The highest BCUT2D eigenvalue weighted by molar-refractivity contribution is 5.80. The van der Waals surface area contributed by atoms with Gasteiger partial charge in [0.05, 0.1) is 18.4 Å². The van der Waals surface area contributed by atoms with E-state index in [-0.39, 0.29) is 30.4 Å². The second-order valence-electron chi connectivity index (χ2n) is 4.54. The van der Waals surface area contributed by atoms with Crippen LogP contribution in [0.1, 0.15) is 33.6 Å². The van der Waals surface area contributed by atoms with Crippen LogP contribution in [-0.2, 0) is 14.3 Å². The SMILES string of the molecule is CCN(C(=O)C1CCOC1C)C(C)CC(=O)O. The number of hydrogen-bond acceptors (Lipinski definition) is 3. The first-order chi connectivity index (χ1) is 7.97. The predicted molar refractivity (Wildman–Crippen MR) is 62.6 cm³/mol. The van der Waals surface area contributed by atoms with E-state index in [2.05, 4.69) is 0 Å². The molecule has 0 aromatic carbocycles. The molecule has 0 radical (unpaired) electrons. The van der Waals surface area contributed by atoms with Crippen molar-refractivity contribution in [1.82, 2.24) is 4.90 Å². The molecule has 1 N–H and O–H groups in total. The Morgan fingerprint density at radius 3 is 2.59 bits per heavy atom. The van der Waals surface area contributed by atoms with E-state index in [1.165, 1.54) is 0 Å². The van der Waals surface area contributed by atoms with E-state index in [4.69, 9.17) is 9.84 Å². The zero-order valence-electron chi connectivity index (χ0n) is 10.7. The largest absolute Gasteiger partial charge is 0.481 e. The number of aliphatic carboxylic acids is 1. The smallest absolute Gasteiger partial charge is 0.305 e. The van der Waals surface area contributed by atoms with Gasteiger partial charge >= 0.3 is 5.97 Å². The highest BCUT2D eigenvalue weighted by atomic mass is 16.5. The number of carboxylic acid groups (broad SMARTS) is 1. The summed E-state index contributed by atoms with van der Waals surface area (Å²) in [6, 6.07) is -0.266. The van der Waals surface area contributed by atoms with Crippen LogP contribution < -0.4 is 0 Å². The van der Waals surface area contributed by atoms with E-state index < -0.39 is 5.97 Å². The van der Waals surface area contributed by atoms with Gasteiger partial charge in [-0.15, -0.1) is 0 Å². The van der Waals surface area contributed by atoms with Gasteiger partial charge in [0.1, 0.15) is 0 Å². The minimum absolute atomic E-state index is 0.0124. The molecule has 5 nitrogen and oxygen atoms in total. The van der Waals surface area contributed by atoms with Gasteiger partial charge in [-0.25, -0.2) is 0 Å². The number of ether oxygens (including phenoxy) is 1. The zero-order chi connectivity index (χ0) is 13.0. The monoisotopic (exact) mass is 243 g/mol. The Labute approximate surface area is 102 Å². The molecule has 3 atom stereocenters. The molecule has 0 bridgehead atoms. The summed E-state index contributed by atoms with van der Waals surface area (Å²) in [7, 11) is 0. The summed E-state index contributed by atoms with van der Waals surface area (Å²) in [5.74, 6) is -0.975. The van der Waals surface area contributed by atoms with Crippen molar-refractivity contribution >= 4 is 11.9 Å². The molecule has 1 aliphatic heterocycles. The lowest BCUT2D eigenvalue weighted by atomic mass is 9.99. The standard InChI is InChI=1S/C12H21NO4/c1-4-13(8(2)7-11(14)15)12(16)10-5-6-17-9(10)3/h8-10H,4-7H2,1-3H3,(H,14,15). The van der Waals surface area contributed by atoms with Crippen LogP contribution in [0.5, 0.6) is 0 Å². The van der Waals surface area contributed by atoms with E-state index in [1.807, 2.05) is 13.8 Å². The van der Waals surface area contributed by atoms with Gasteiger partial charge in [0.15, 0.2) is 0 Å². The highest BCUT2D eigenvalue weighted by Crippen LogP contribution is 2.24. The molecule has 0 spiro atoms. The van der Waals surface area contributed by atoms with Gasteiger partial charge in [0, 0.05) is 19.2 Å². The van der Waals surface area contributed by atoms with Gasteiger partial charge in [-0.05, 0) is 27.2 Å². The van der Waals surface area contributed by atoms with Crippen LogP contribution in [0.25, 0.3) is 0 Å².